The topological polar surface area (TPSA) is 73.7 Å². The molecule has 204 valence electrons. The smallest absolute Gasteiger partial charge is 0.412 e. The number of hydrogen-bond acceptors (Lipinski definition) is 4. The minimum Gasteiger partial charge on any atom is -0.465 e. The van der Waals surface area contributed by atoms with Crippen molar-refractivity contribution in [1.29, 1.82) is 0 Å². The molecule has 2 aromatic carbocycles. The minimum absolute atomic E-state index is 0.0716. The molecule has 2 aliphatic rings. The molecule has 1 saturated heterocycles. The highest BCUT2D eigenvalue weighted by atomic mass is 16.4. The summed E-state index contributed by atoms with van der Waals surface area (Å²) in [5.41, 5.74) is 3.79. The fraction of sp³-hybridized carbons (Fsp3) is 0.424. The average Bonchev–Trinajstić information content (AvgIpc) is 2.90. The molecule has 0 atom stereocenters. The Morgan fingerprint density at radius 3 is 2.44 bits per heavy atom. The van der Waals surface area contributed by atoms with Crippen LogP contribution in [0.4, 0.5) is 10.5 Å². The first-order valence-corrected chi connectivity index (χ1v) is 14.2. The van der Waals surface area contributed by atoms with Crippen LogP contribution in [0.1, 0.15) is 74.5 Å². The van der Waals surface area contributed by atoms with Gasteiger partial charge in [-0.3, -0.25) is 19.6 Å². The average molecular weight is 526 g/mol. The maximum absolute atomic E-state index is 13.9. The van der Waals surface area contributed by atoms with Gasteiger partial charge >= 0.3 is 6.09 Å². The van der Waals surface area contributed by atoms with Crippen molar-refractivity contribution in [3.63, 3.8) is 0 Å². The fourth-order valence-corrected chi connectivity index (χ4v) is 6.10. The molecule has 1 aliphatic heterocycles. The number of pyridine rings is 1. The maximum Gasteiger partial charge on any atom is 0.412 e. The summed E-state index contributed by atoms with van der Waals surface area (Å²) in [5.74, 6) is 0.599. The number of anilines is 1. The van der Waals surface area contributed by atoms with Crippen LogP contribution in [-0.4, -0.2) is 45.5 Å². The summed E-state index contributed by atoms with van der Waals surface area (Å²) >= 11 is 0. The molecule has 1 aromatic heterocycles. The Hall–Kier alpha value is -3.51. The summed E-state index contributed by atoms with van der Waals surface area (Å²) in [6.45, 7) is 8.82. The Kier molecular flexibility index (Phi) is 7.85. The van der Waals surface area contributed by atoms with Gasteiger partial charge < -0.3 is 5.11 Å². The highest BCUT2D eigenvalue weighted by Gasteiger charge is 2.36. The lowest BCUT2D eigenvalue weighted by molar-refractivity contribution is 0.102. The number of Topliss-reactive ketones (excluding diaryl/α,β-unsaturated/α-hetero) is 1. The van der Waals surface area contributed by atoms with Crippen LogP contribution in [0.15, 0.2) is 66.2 Å². The van der Waals surface area contributed by atoms with Crippen LogP contribution in [0.3, 0.4) is 0 Å². The summed E-state index contributed by atoms with van der Waals surface area (Å²) in [6, 6.07) is 18.2. The molecule has 1 fully saturated rings. The second kappa shape index (κ2) is 11.3. The zero-order valence-electron chi connectivity index (χ0n) is 23.3. The van der Waals surface area contributed by atoms with Crippen LogP contribution in [0.5, 0.6) is 0 Å². The number of para-hydroxylation sites is 1. The van der Waals surface area contributed by atoms with E-state index in [9.17, 15) is 14.7 Å². The van der Waals surface area contributed by atoms with Gasteiger partial charge in [-0.1, -0.05) is 54.6 Å². The number of carboxylic acid groups (broad SMARTS) is 1. The molecule has 0 spiro atoms. The lowest BCUT2D eigenvalue weighted by Gasteiger charge is -2.36. The van der Waals surface area contributed by atoms with Gasteiger partial charge in [-0.05, 0) is 95.5 Å². The molecule has 1 amide bonds. The van der Waals surface area contributed by atoms with Crippen molar-refractivity contribution < 1.29 is 14.7 Å². The third-order valence-corrected chi connectivity index (χ3v) is 8.10. The Balaban J connectivity index is 1.32. The first-order valence-electron chi connectivity index (χ1n) is 14.2. The highest BCUT2D eigenvalue weighted by Crippen LogP contribution is 2.40. The number of hydrogen-bond donors (Lipinski definition) is 1. The molecule has 6 nitrogen and oxygen atoms in total. The summed E-state index contributed by atoms with van der Waals surface area (Å²) in [5, 5.41) is 10.9. The van der Waals surface area contributed by atoms with Gasteiger partial charge in [0.2, 0.25) is 0 Å². The van der Waals surface area contributed by atoms with Gasteiger partial charge in [0.25, 0.3) is 0 Å². The van der Waals surface area contributed by atoms with E-state index in [4.69, 9.17) is 4.98 Å². The molecular weight excluding hydrogens is 486 g/mol. The molecule has 6 heteroatoms. The molecule has 5 rings (SSSR count). The number of ketones is 1. The summed E-state index contributed by atoms with van der Waals surface area (Å²) in [7, 11) is 0. The fourth-order valence-electron chi connectivity index (χ4n) is 6.10. The normalized spacial score (nSPS) is 17.9. The van der Waals surface area contributed by atoms with E-state index in [1.165, 1.54) is 23.3 Å². The van der Waals surface area contributed by atoms with Crippen molar-refractivity contribution in [3.05, 3.63) is 83.1 Å². The van der Waals surface area contributed by atoms with E-state index in [0.717, 1.165) is 43.6 Å². The van der Waals surface area contributed by atoms with Crippen molar-refractivity contribution in [3.8, 4) is 0 Å². The molecule has 1 N–H and O–H groups in total. The predicted octanol–water partition coefficient (Wildman–Crippen LogP) is 7.27. The minimum atomic E-state index is -1.07. The quantitative estimate of drug-likeness (QED) is 0.343. The van der Waals surface area contributed by atoms with Crippen LogP contribution >= 0.6 is 0 Å². The molecule has 0 unspecified atom stereocenters. The van der Waals surface area contributed by atoms with Crippen LogP contribution < -0.4 is 4.90 Å². The van der Waals surface area contributed by atoms with Gasteiger partial charge in [-0.25, -0.2) is 4.79 Å². The monoisotopic (exact) mass is 525 g/mol. The van der Waals surface area contributed by atoms with Crippen molar-refractivity contribution >= 4 is 28.5 Å². The van der Waals surface area contributed by atoms with Gasteiger partial charge in [-0.15, -0.1) is 0 Å². The van der Waals surface area contributed by atoms with Crippen LogP contribution in [0.25, 0.3) is 10.9 Å². The van der Waals surface area contributed by atoms with Gasteiger partial charge in [0, 0.05) is 17.5 Å². The van der Waals surface area contributed by atoms with Crippen molar-refractivity contribution in [2.75, 3.05) is 18.0 Å². The van der Waals surface area contributed by atoms with Crippen molar-refractivity contribution in [2.45, 2.75) is 71.4 Å². The maximum atomic E-state index is 13.9. The Morgan fingerprint density at radius 2 is 1.74 bits per heavy atom. The number of allylic oxidation sites excluding steroid dienone is 2. The van der Waals surface area contributed by atoms with Crippen LogP contribution in [-0.2, 0) is 13.0 Å². The molecule has 0 radical (unpaired) electrons. The lowest BCUT2D eigenvalue weighted by atomic mass is 9.85. The summed E-state index contributed by atoms with van der Waals surface area (Å²) in [6.07, 6.45) is 6.66. The third kappa shape index (κ3) is 5.91. The van der Waals surface area contributed by atoms with E-state index in [2.05, 4.69) is 41.3 Å². The Bertz CT molecular complexity index is 1380. The summed E-state index contributed by atoms with van der Waals surface area (Å²) < 4.78 is 0. The largest absolute Gasteiger partial charge is 0.465 e. The number of aryl methyl sites for hydroxylation is 1. The zero-order chi connectivity index (χ0) is 27.6. The number of benzene rings is 2. The third-order valence-electron chi connectivity index (χ3n) is 8.10. The Labute approximate surface area is 231 Å². The first kappa shape index (κ1) is 27.1. The van der Waals surface area contributed by atoms with E-state index in [1.54, 1.807) is 0 Å². The number of fused-ring (bicyclic) bond motifs is 2. The number of amides is 1. The number of carbonyl (C=O) groups is 2. The molecule has 0 bridgehead atoms. The molecule has 1 aliphatic carbocycles. The summed E-state index contributed by atoms with van der Waals surface area (Å²) in [4.78, 5) is 35.1. The second-order valence-electron chi connectivity index (χ2n) is 11.9. The number of likely N-dealkylation sites (tertiary alicyclic amines) is 1. The van der Waals surface area contributed by atoms with E-state index < -0.39 is 11.6 Å². The van der Waals surface area contributed by atoms with Crippen LogP contribution in [0.2, 0.25) is 0 Å². The van der Waals surface area contributed by atoms with Gasteiger partial charge in [0.05, 0.1) is 22.5 Å². The lowest BCUT2D eigenvalue weighted by Crippen LogP contribution is -2.46. The van der Waals surface area contributed by atoms with E-state index in [-0.39, 0.29) is 5.78 Å². The van der Waals surface area contributed by atoms with Gasteiger partial charge in [0.1, 0.15) is 0 Å². The first-order chi connectivity index (χ1) is 18.7. The van der Waals surface area contributed by atoms with Crippen molar-refractivity contribution in [2.24, 2.45) is 5.92 Å². The molecule has 3 aromatic rings. The molecule has 39 heavy (non-hydrogen) atoms. The van der Waals surface area contributed by atoms with Crippen molar-refractivity contribution in [1.82, 2.24) is 9.88 Å². The number of carbonyl (C=O) groups excluding carboxylic acids is 1. The molecule has 2 heterocycles. The number of rotatable bonds is 6. The van der Waals surface area contributed by atoms with Gasteiger partial charge in [-0.2, -0.15) is 0 Å². The predicted molar refractivity (Wildman–Crippen MR) is 156 cm³/mol. The van der Waals surface area contributed by atoms with E-state index in [1.807, 2.05) is 45.0 Å². The van der Waals surface area contributed by atoms with Crippen LogP contribution in [0, 0.1) is 5.92 Å². The van der Waals surface area contributed by atoms with E-state index >= 15 is 0 Å². The SMILES string of the molecule is CC(C)(C)N(C(=O)O)c1c2c(nc3ccccc13)CCC(=CCCC1CCN(Cc3ccccc3)CC1)C2=O. The number of piperidine rings is 1. The Morgan fingerprint density at radius 1 is 1.05 bits per heavy atom. The number of aromatic nitrogens is 1. The molecular formula is C33H39N3O3. The number of nitrogens with zero attached hydrogens (tertiary/aromatic N) is 3. The standard InChI is InChI=1S/C33H39N3O3/c1-33(2,3)36(32(38)39)30-26-14-7-8-15-27(26)34-28-17-16-25(31(37)29(28)30)13-9-12-23-18-20-35(21-19-23)22-24-10-5-4-6-11-24/h4-8,10-11,13-15,23H,9,12,16-22H2,1-3H3,(H,38,39). The van der Waals surface area contributed by atoms with Gasteiger partial charge in [0.15, 0.2) is 5.78 Å². The van der Waals surface area contributed by atoms with E-state index in [0.29, 0.717) is 41.1 Å². The second-order valence-corrected chi connectivity index (χ2v) is 11.9. The zero-order valence-corrected chi connectivity index (χ0v) is 23.3. The molecule has 0 saturated carbocycles. The highest BCUT2D eigenvalue weighted by molar-refractivity contribution is 6.19.